The highest BCUT2D eigenvalue weighted by Crippen LogP contribution is 2.45. The molecule has 0 aromatic heterocycles. The Bertz CT molecular complexity index is 574. The van der Waals surface area contributed by atoms with Crippen molar-refractivity contribution in [2.75, 3.05) is 31.8 Å². The van der Waals surface area contributed by atoms with Gasteiger partial charge in [-0.25, -0.2) is 4.79 Å². The van der Waals surface area contributed by atoms with Crippen LogP contribution in [0.5, 0.6) is 5.75 Å². The lowest BCUT2D eigenvalue weighted by Crippen LogP contribution is -2.15. The highest BCUT2D eigenvalue weighted by atomic mass is 16.5. The normalized spacial score (nSPS) is 15.1. The van der Waals surface area contributed by atoms with Gasteiger partial charge in [-0.3, -0.25) is 0 Å². The summed E-state index contributed by atoms with van der Waals surface area (Å²) in [6, 6.07) is 5.43. The van der Waals surface area contributed by atoms with Crippen molar-refractivity contribution in [1.29, 1.82) is 5.26 Å². The SMILES string of the molecule is COC(=O)c1cc(NCC2(C#N)CC2)c(N)c(OC)c1. The minimum atomic E-state index is -0.465. The number of carbonyl (C=O) groups excluding carboxylic acids is 1. The molecule has 3 N–H and O–H groups in total. The van der Waals surface area contributed by atoms with Gasteiger partial charge in [0.1, 0.15) is 5.75 Å². The lowest BCUT2D eigenvalue weighted by atomic mass is 10.1. The predicted molar refractivity (Wildman–Crippen MR) is 74.5 cm³/mol. The molecular weight excluding hydrogens is 258 g/mol. The standard InChI is InChI=1S/C14H17N3O3/c1-19-11-6-9(13(18)20-2)5-10(12(11)16)17-8-14(7-15)3-4-14/h5-6,17H,3-4,8,16H2,1-2H3. The number of methoxy groups -OCH3 is 2. The Labute approximate surface area is 117 Å². The Kier molecular flexibility index (Phi) is 3.70. The lowest BCUT2D eigenvalue weighted by molar-refractivity contribution is 0.0600. The maximum Gasteiger partial charge on any atom is 0.338 e. The zero-order valence-electron chi connectivity index (χ0n) is 11.5. The van der Waals surface area contributed by atoms with E-state index in [1.54, 1.807) is 6.07 Å². The van der Waals surface area contributed by atoms with Crippen molar-refractivity contribution in [3.8, 4) is 11.8 Å². The number of nitrogen functional groups attached to an aromatic ring is 1. The fourth-order valence-corrected chi connectivity index (χ4v) is 1.92. The van der Waals surface area contributed by atoms with Crippen molar-refractivity contribution in [3.63, 3.8) is 0 Å². The molecule has 0 saturated heterocycles. The summed E-state index contributed by atoms with van der Waals surface area (Å²) in [5.74, 6) is -0.0648. The fourth-order valence-electron chi connectivity index (χ4n) is 1.92. The monoisotopic (exact) mass is 275 g/mol. The zero-order chi connectivity index (χ0) is 14.8. The third-order valence-corrected chi connectivity index (χ3v) is 3.49. The van der Waals surface area contributed by atoms with E-state index in [1.807, 2.05) is 0 Å². The number of benzene rings is 1. The summed E-state index contributed by atoms with van der Waals surface area (Å²) in [5, 5.41) is 12.2. The van der Waals surface area contributed by atoms with Crippen molar-refractivity contribution in [2.45, 2.75) is 12.8 Å². The molecule has 0 heterocycles. The Hall–Kier alpha value is -2.42. The molecule has 0 unspecified atom stereocenters. The molecule has 1 aromatic carbocycles. The highest BCUT2D eigenvalue weighted by molar-refractivity contribution is 5.93. The molecule has 1 fully saturated rings. The predicted octanol–water partition coefficient (Wildman–Crippen LogP) is 1.78. The quantitative estimate of drug-likeness (QED) is 0.628. The van der Waals surface area contributed by atoms with E-state index in [-0.39, 0.29) is 5.41 Å². The number of nitrogens with zero attached hydrogens (tertiary/aromatic N) is 1. The number of anilines is 2. The van der Waals surface area contributed by atoms with Crippen molar-refractivity contribution < 1.29 is 14.3 Å². The Morgan fingerprint density at radius 1 is 1.50 bits per heavy atom. The molecule has 0 spiro atoms. The number of hydrogen-bond acceptors (Lipinski definition) is 6. The maximum atomic E-state index is 11.6. The van der Waals surface area contributed by atoms with Gasteiger partial charge in [0.05, 0.1) is 42.6 Å². The molecule has 0 bridgehead atoms. The maximum absolute atomic E-state index is 11.6. The minimum Gasteiger partial charge on any atom is -0.494 e. The van der Waals surface area contributed by atoms with Gasteiger partial charge in [-0.1, -0.05) is 0 Å². The molecule has 106 valence electrons. The fraction of sp³-hybridized carbons (Fsp3) is 0.429. The van der Waals surface area contributed by atoms with Crippen LogP contribution in [0.15, 0.2) is 12.1 Å². The summed E-state index contributed by atoms with van der Waals surface area (Å²) < 4.78 is 9.85. The van der Waals surface area contributed by atoms with Gasteiger partial charge in [-0.15, -0.1) is 0 Å². The van der Waals surface area contributed by atoms with Crippen LogP contribution >= 0.6 is 0 Å². The van der Waals surface area contributed by atoms with E-state index in [2.05, 4.69) is 11.4 Å². The van der Waals surface area contributed by atoms with Crippen molar-refractivity contribution in [2.24, 2.45) is 5.41 Å². The lowest BCUT2D eigenvalue weighted by Gasteiger charge is -2.15. The molecule has 6 heteroatoms. The molecule has 20 heavy (non-hydrogen) atoms. The topological polar surface area (TPSA) is 97.4 Å². The summed E-state index contributed by atoms with van der Waals surface area (Å²) >= 11 is 0. The second kappa shape index (κ2) is 5.29. The summed E-state index contributed by atoms with van der Waals surface area (Å²) in [6.07, 6.45) is 1.76. The second-order valence-corrected chi connectivity index (χ2v) is 4.88. The molecule has 0 radical (unpaired) electrons. The second-order valence-electron chi connectivity index (χ2n) is 4.88. The summed E-state index contributed by atoms with van der Waals surface area (Å²) in [4.78, 5) is 11.6. The van der Waals surface area contributed by atoms with Gasteiger partial charge in [-0.05, 0) is 25.0 Å². The first kappa shape index (κ1) is 14.0. The number of esters is 1. The van der Waals surface area contributed by atoms with Gasteiger partial charge in [0, 0.05) is 6.54 Å². The Morgan fingerprint density at radius 2 is 2.20 bits per heavy atom. The van der Waals surface area contributed by atoms with Gasteiger partial charge in [0.25, 0.3) is 0 Å². The average molecular weight is 275 g/mol. The van der Waals surface area contributed by atoms with Crippen LogP contribution in [-0.4, -0.2) is 26.7 Å². The number of hydrogen-bond donors (Lipinski definition) is 2. The largest absolute Gasteiger partial charge is 0.494 e. The first-order chi connectivity index (χ1) is 9.55. The number of rotatable bonds is 5. The zero-order valence-corrected chi connectivity index (χ0v) is 11.5. The number of carbonyl (C=O) groups is 1. The van der Waals surface area contributed by atoms with E-state index in [0.717, 1.165) is 12.8 Å². The molecule has 0 atom stereocenters. The van der Waals surface area contributed by atoms with Crippen LogP contribution in [0.4, 0.5) is 11.4 Å². The van der Waals surface area contributed by atoms with Crippen molar-refractivity contribution in [3.05, 3.63) is 17.7 Å². The van der Waals surface area contributed by atoms with Gasteiger partial charge in [-0.2, -0.15) is 5.26 Å². The minimum absolute atomic E-state index is 0.305. The Morgan fingerprint density at radius 3 is 2.70 bits per heavy atom. The molecule has 6 nitrogen and oxygen atoms in total. The molecule has 0 amide bonds. The third kappa shape index (κ3) is 2.62. The summed E-state index contributed by atoms with van der Waals surface area (Å²) in [7, 11) is 2.79. The summed E-state index contributed by atoms with van der Waals surface area (Å²) in [6.45, 7) is 0.501. The van der Waals surface area contributed by atoms with Crippen molar-refractivity contribution >= 4 is 17.3 Å². The average Bonchev–Trinajstić information content (AvgIpc) is 3.26. The van der Waals surface area contributed by atoms with Crippen LogP contribution in [0.3, 0.4) is 0 Å². The smallest absolute Gasteiger partial charge is 0.338 e. The molecule has 2 rings (SSSR count). The van der Waals surface area contributed by atoms with Crippen LogP contribution in [0.2, 0.25) is 0 Å². The molecule has 1 aliphatic carbocycles. The number of nitrogens with one attached hydrogen (secondary N) is 1. The number of nitriles is 1. The van der Waals surface area contributed by atoms with E-state index in [1.165, 1.54) is 20.3 Å². The van der Waals surface area contributed by atoms with E-state index < -0.39 is 5.97 Å². The van der Waals surface area contributed by atoms with Crippen molar-refractivity contribution in [1.82, 2.24) is 0 Å². The summed E-state index contributed by atoms with van der Waals surface area (Å²) in [5.41, 5.74) is 7.00. The van der Waals surface area contributed by atoms with Gasteiger partial charge < -0.3 is 20.5 Å². The van der Waals surface area contributed by atoms with Gasteiger partial charge in [0.15, 0.2) is 0 Å². The highest BCUT2D eigenvalue weighted by Gasteiger charge is 2.43. The van der Waals surface area contributed by atoms with Crippen LogP contribution in [0, 0.1) is 16.7 Å². The molecule has 1 aromatic rings. The third-order valence-electron chi connectivity index (χ3n) is 3.49. The Balaban J connectivity index is 2.26. The van der Waals surface area contributed by atoms with E-state index in [4.69, 9.17) is 20.5 Å². The molecule has 1 saturated carbocycles. The molecular formula is C14H17N3O3. The molecule has 1 aliphatic rings. The van der Waals surface area contributed by atoms with E-state index in [9.17, 15) is 4.79 Å². The first-order valence-corrected chi connectivity index (χ1v) is 6.26. The number of ether oxygens (including phenoxy) is 2. The van der Waals surface area contributed by atoms with Crippen LogP contribution < -0.4 is 15.8 Å². The van der Waals surface area contributed by atoms with E-state index >= 15 is 0 Å². The number of nitrogens with two attached hydrogens (primary N) is 1. The van der Waals surface area contributed by atoms with Crippen LogP contribution in [0.1, 0.15) is 23.2 Å². The van der Waals surface area contributed by atoms with Gasteiger partial charge in [0.2, 0.25) is 0 Å². The van der Waals surface area contributed by atoms with Crippen LogP contribution in [0.25, 0.3) is 0 Å². The first-order valence-electron chi connectivity index (χ1n) is 6.26. The van der Waals surface area contributed by atoms with Crippen LogP contribution in [-0.2, 0) is 4.74 Å². The van der Waals surface area contributed by atoms with Gasteiger partial charge >= 0.3 is 5.97 Å². The molecule has 0 aliphatic heterocycles. The van der Waals surface area contributed by atoms with E-state index in [0.29, 0.717) is 29.2 Å².